The van der Waals surface area contributed by atoms with Crippen LogP contribution in [0.15, 0.2) is 24.3 Å². The highest BCUT2D eigenvalue weighted by Crippen LogP contribution is 2.23. The minimum Gasteiger partial charge on any atom is -0.496 e. The van der Waals surface area contributed by atoms with E-state index in [1.807, 2.05) is 31.2 Å². The fraction of sp³-hybridized carbons (Fsp3) is 0.529. The van der Waals surface area contributed by atoms with Crippen LogP contribution in [0.3, 0.4) is 0 Å². The highest BCUT2D eigenvalue weighted by Gasteiger charge is 2.33. The predicted molar refractivity (Wildman–Crippen MR) is 84.4 cm³/mol. The van der Waals surface area contributed by atoms with E-state index in [9.17, 15) is 14.7 Å². The van der Waals surface area contributed by atoms with Crippen molar-refractivity contribution in [1.82, 2.24) is 4.90 Å². The highest BCUT2D eigenvalue weighted by molar-refractivity contribution is 5.84. The molecule has 0 aromatic heterocycles. The van der Waals surface area contributed by atoms with E-state index >= 15 is 0 Å². The van der Waals surface area contributed by atoms with Crippen molar-refractivity contribution in [2.45, 2.75) is 25.8 Å². The van der Waals surface area contributed by atoms with Gasteiger partial charge in [0.05, 0.1) is 20.3 Å². The molecular formula is C17H23NO5. The van der Waals surface area contributed by atoms with Gasteiger partial charge in [0.1, 0.15) is 5.75 Å². The highest BCUT2D eigenvalue weighted by atomic mass is 16.5. The van der Waals surface area contributed by atoms with Crippen molar-refractivity contribution in [3.8, 4) is 5.75 Å². The third-order valence-corrected chi connectivity index (χ3v) is 4.02. The minimum atomic E-state index is -1.02. The molecule has 0 spiro atoms. The second-order valence-corrected chi connectivity index (χ2v) is 5.84. The molecule has 0 saturated carbocycles. The molecule has 0 bridgehead atoms. The molecule has 0 unspecified atom stereocenters. The monoisotopic (exact) mass is 321 g/mol. The van der Waals surface area contributed by atoms with Crippen LogP contribution in [-0.4, -0.2) is 54.8 Å². The van der Waals surface area contributed by atoms with Gasteiger partial charge in [0.15, 0.2) is 6.04 Å². The van der Waals surface area contributed by atoms with Crippen molar-refractivity contribution in [2.24, 2.45) is 5.92 Å². The third kappa shape index (κ3) is 4.45. The van der Waals surface area contributed by atoms with Crippen LogP contribution in [0.5, 0.6) is 5.75 Å². The van der Waals surface area contributed by atoms with Crippen LogP contribution in [0.4, 0.5) is 0 Å². The van der Waals surface area contributed by atoms with E-state index in [4.69, 9.17) is 9.47 Å². The van der Waals surface area contributed by atoms with Gasteiger partial charge in [-0.3, -0.25) is 4.79 Å². The smallest absolute Gasteiger partial charge is 0.328 e. The average Bonchev–Trinajstić information content (AvgIpc) is 2.55. The number of carbonyl (C=O) groups is 2. The topological polar surface area (TPSA) is 76.1 Å². The van der Waals surface area contributed by atoms with E-state index in [1.54, 1.807) is 7.11 Å². The number of methoxy groups -OCH3 is 1. The summed E-state index contributed by atoms with van der Waals surface area (Å²) in [7, 11) is 1.62. The van der Waals surface area contributed by atoms with Gasteiger partial charge in [-0.25, -0.2) is 4.79 Å². The summed E-state index contributed by atoms with van der Waals surface area (Å²) in [5.74, 6) is -0.254. The summed E-state index contributed by atoms with van der Waals surface area (Å²) in [6.07, 6.45) is 1.01. The molecule has 0 radical (unpaired) electrons. The number of amides is 1. The molecule has 1 saturated heterocycles. The first kappa shape index (κ1) is 17.3. The summed E-state index contributed by atoms with van der Waals surface area (Å²) in [5, 5.41) is 9.20. The molecule has 1 fully saturated rings. The Morgan fingerprint density at radius 3 is 2.87 bits per heavy atom. The first-order valence-corrected chi connectivity index (χ1v) is 7.74. The van der Waals surface area contributed by atoms with Gasteiger partial charge >= 0.3 is 5.97 Å². The molecule has 23 heavy (non-hydrogen) atoms. The molecule has 2 atom stereocenters. The van der Waals surface area contributed by atoms with Gasteiger partial charge in [-0.05, 0) is 24.0 Å². The number of ether oxygens (including phenoxy) is 2. The Bertz CT molecular complexity index is 560. The zero-order valence-corrected chi connectivity index (χ0v) is 13.5. The van der Waals surface area contributed by atoms with Crippen molar-refractivity contribution in [2.75, 3.05) is 26.9 Å². The first-order chi connectivity index (χ1) is 11.0. The van der Waals surface area contributed by atoms with Crippen molar-refractivity contribution in [1.29, 1.82) is 0 Å². The Balaban J connectivity index is 1.97. The molecule has 1 amide bonds. The number of aliphatic carboxylic acids is 1. The van der Waals surface area contributed by atoms with Gasteiger partial charge in [0, 0.05) is 13.0 Å². The lowest BCUT2D eigenvalue weighted by Crippen LogP contribution is -2.52. The largest absolute Gasteiger partial charge is 0.496 e. The number of rotatable bonds is 6. The number of morpholine rings is 1. The molecule has 1 aromatic carbocycles. The van der Waals surface area contributed by atoms with Gasteiger partial charge in [0.2, 0.25) is 5.91 Å². The standard InChI is InChI=1S/C17H23NO5/c1-12(9-13-5-3-4-6-15(13)22-2)10-16(19)18-7-8-23-11-14(18)17(20)21/h3-6,12,14H,7-11H2,1-2H3,(H,20,21)/t12-,14-/m0/s1. The van der Waals surface area contributed by atoms with Gasteiger partial charge in [-0.15, -0.1) is 0 Å². The number of benzene rings is 1. The van der Waals surface area contributed by atoms with E-state index in [-0.39, 0.29) is 18.4 Å². The maximum absolute atomic E-state index is 12.4. The molecule has 1 aliphatic heterocycles. The average molecular weight is 321 g/mol. The van der Waals surface area contributed by atoms with E-state index in [1.165, 1.54) is 4.90 Å². The molecular weight excluding hydrogens is 298 g/mol. The summed E-state index contributed by atoms with van der Waals surface area (Å²) in [4.78, 5) is 25.1. The Hall–Kier alpha value is -2.08. The van der Waals surface area contributed by atoms with E-state index in [2.05, 4.69) is 0 Å². The maximum atomic E-state index is 12.4. The van der Waals surface area contributed by atoms with Crippen LogP contribution in [0.1, 0.15) is 18.9 Å². The number of hydrogen-bond acceptors (Lipinski definition) is 4. The Morgan fingerprint density at radius 2 is 2.17 bits per heavy atom. The summed E-state index contributed by atoms with van der Waals surface area (Å²) in [6.45, 7) is 2.76. The van der Waals surface area contributed by atoms with E-state index < -0.39 is 12.0 Å². The van der Waals surface area contributed by atoms with E-state index in [0.29, 0.717) is 26.0 Å². The lowest BCUT2D eigenvalue weighted by atomic mass is 9.96. The Morgan fingerprint density at radius 1 is 1.43 bits per heavy atom. The van der Waals surface area contributed by atoms with Crippen LogP contribution in [0, 0.1) is 5.92 Å². The quantitative estimate of drug-likeness (QED) is 0.861. The fourth-order valence-electron chi connectivity index (χ4n) is 2.84. The number of hydrogen-bond donors (Lipinski definition) is 1. The van der Waals surface area contributed by atoms with Gasteiger partial charge < -0.3 is 19.5 Å². The third-order valence-electron chi connectivity index (χ3n) is 4.02. The van der Waals surface area contributed by atoms with Gasteiger partial charge in [0.25, 0.3) is 0 Å². The normalized spacial score (nSPS) is 19.2. The van der Waals surface area contributed by atoms with Crippen molar-refractivity contribution in [3.05, 3.63) is 29.8 Å². The van der Waals surface area contributed by atoms with Crippen LogP contribution < -0.4 is 4.74 Å². The fourth-order valence-corrected chi connectivity index (χ4v) is 2.84. The van der Waals surface area contributed by atoms with Crippen molar-refractivity contribution in [3.63, 3.8) is 0 Å². The molecule has 1 aliphatic rings. The molecule has 2 rings (SSSR count). The Kier molecular flexibility index (Phi) is 5.98. The van der Waals surface area contributed by atoms with Crippen molar-refractivity contribution >= 4 is 11.9 Å². The number of nitrogens with zero attached hydrogens (tertiary/aromatic N) is 1. The minimum absolute atomic E-state index is 0.0575. The summed E-state index contributed by atoms with van der Waals surface area (Å²) < 4.78 is 10.5. The summed E-state index contributed by atoms with van der Waals surface area (Å²) in [6, 6.07) is 6.84. The number of carboxylic acids is 1. The number of para-hydroxylation sites is 1. The zero-order chi connectivity index (χ0) is 16.8. The molecule has 1 heterocycles. The molecule has 1 aromatic rings. The predicted octanol–water partition coefficient (Wildman–Crippen LogP) is 1.58. The van der Waals surface area contributed by atoms with Crippen molar-refractivity contribution < 1.29 is 24.2 Å². The molecule has 6 heteroatoms. The van der Waals surface area contributed by atoms with Gasteiger partial charge in [-0.1, -0.05) is 25.1 Å². The maximum Gasteiger partial charge on any atom is 0.328 e. The molecule has 126 valence electrons. The summed E-state index contributed by atoms with van der Waals surface area (Å²) in [5.41, 5.74) is 1.05. The SMILES string of the molecule is COc1ccccc1C[C@H](C)CC(=O)N1CCOC[C@H]1C(=O)O. The Labute approximate surface area is 136 Å². The molecule has 1 N–H and O–H groups in total. The molecule has 6 nitrogen and oxygen atoms in total. The van der Waals surface area contributed by atoms with Crippen LogP contribution in [-0.2, 0) is 20.7 Å². The van der Waals surface area contributed by atoms with E-state index in [0.717, 1.165) is 11.3 Å². The first-order valence-electron chi connectivity index (χ1n) is 7.74. The van der Waals surface area contributed by atoms with Crippen LogP contribution in [0.2, 0.25) is 0 Å². The van der Waals surface area contributed by atoms with Crippen LogP contribution >= 0.6 is 0 Å². The van der Waals surface area contributed by atoms with Crippen LogP contribution in [0.25, 0.3) is 0 Å². The molecule has 0 aliphatic carbocycles. The lowest BCUT2D eigenvalue weighted by Gasteiger charge is -2.33. The number of carboxylic acid groups (broad SMARTS) is 1. The number of carbonyl (C=O) groups excluding carboxylic acids is 1. The van der Waals surface area contributed by atoms with Gasteiger partial charge in [-0.2, -0.15) is 0 Å². The second kappa shape index (κ2) is 7.97. The summed E-state index contributed by atoms with van der Waals surface area (Å²) >= 11 is 0. The second-order valence-electron chi connectivity index (χ2n) is 5.84. The lowest BCUT2D eigenvalue weighted by molar-refractivity contribution is -0.158. The zero-order valence-electron chi connectivity index (χ0n) is 13.5.